The average molecular weight is 432 g/mol. The summed E-state index contributed by atoms with van der Waals surface area (Å²) in [6, 6.07) is 19.2. The van der Waals surface area contributed by atoms with Crippen molar-refractivity contribution in [2.24, 2.45) is 0 Å². The Morgan fingerprint density at radius 1 is 1.00 bits per heavy atom. The number of methoxy groups -OCH3 is 1. The number of pyridine rings is 1. The molecule has 7 heteroatoms. The minimum absolute atomic E-state index is 0.197. The van der Waals surface area contributed by atoms with Gasteiger partial charge in [0.25, 0.3) is 5.91 Å². The second-order valence-corrected chi connectivity index (χ2v) is 7.60. The summed E-state index contributed by atoms with van der Waals surface area (Å²) in [5.74, 6) is 1.37. The number of aromatic nitrogens is 2. The van der Waals surface area contributed by atoms with Gasteiger partial charge in [-0.15, -0.1) is 11.3 Å². The second-order valence-electron chi connectivity index (χ2n) is 6.74. The van der Waals surface area contributed by atoms with Gasteiger partial charge in [-0.2, -0.15) is 0 Å². The van der Waals surface area contributed by atoms with Crippen molar-refractivity contribution < 1.29 is 14.3 Å². The van der Waals surface area contributed by atoms with E-state index in [0.717, 1.165) is 33.2 Å². The predicted molar refractivity (Wildman–Crippen MR) is 120 cm³/mol. The summed E-state index contributed by atoms with van der Waals surface area (Å²) < 4.78 is 11.1. The van der Waals surface area contributed by atoms with E-state index in [1.165, 1.54) is 11.3 Å². The van der Waals surface area contributed by atoms with Crippen molar-refractivity contribution >= 4 is 17.2 Å². The van der Waals surface area contributed by atoms with E-state index >= 15 is 0 Å². The smallest absolute Gasteiger partial charge is 0.271 e. The van der Waals surface area contributed by atoms with Crippen LogP contribution in [0.1, 0.15) is 21.6 Å². The maximum absolute atomic E-state index is 12.4. The SMILES string of the molecule is COc1cccc(COc2ccc(-c3nc(C(=O)NCc4ccncc4)cs3)cc2)c1. The lowest BCUT2D eigenvalue weighted by atomic mass is 10.2. The molecular formula is C24H21N3O3S. The molecule has 0 saturated carbocycles. The van der Waals surface area contributed by atoms with Crippen molar-refractivity contribution in [1.82, 2.24) is 15.3 Å². The van der Waals surface area contributed by atoms with E-state index in [1.807, 2.05) is 60.7 Å². The first-order valence-electron chi connectivity index (χ1n) is 9.70. The summed E-state index contributed by atoms with van der Waals surface area (Å²) in [6.07, 6.45) is 3.40. The summed E-state index contributed by atoms with van der Waals surface area (Å²) in [5.41, 5.74) is 3.37. The largest absolute Gasteiger partial charge is 0.497 e. The number of hydrogen-bond donors (Lipinski definition) is 1. The molecule has 31 heavy (non-hydrogen) atoms. The minimum atomic E-state index is -0.197. The Morgan fingerprint density at radius 3 is 2.58 bits per heavy atom. The molecule has 0 aliphatic rings. The third kappa shape index (κ3) is 5.46. The number of hydrogen-bond acceptors (Lipinski definition) is 6. The van der Waals surface area contributed by atoms with E-state index in [9.17, 15) is 4.79 Å². The third-order valence-corrected chi connectivity index (χ3v) is 5.47. The lowest BCUT2D eigenvalue weighted by Gasteiger charge is -2.08. The molecule has 0 aliphatic heterocycles. The van der Waals surface area contributed by atoms with E-state index in [2.05, 4.69) is 15.3 Å². The van der Waals surface area contributed by atoms with Gasteiger partial charge in [0.15, 0.2) is 0 Å². The molecule has 2 aromatic heterocycles. The number of benzene rings is 2. The lowest BCUT2D eigenvalue weighted by Crippen LogP contribution is -2.23. The molecule has 0 aliphatic carbocycles. The predicted octanol–water partition coefficient (Wildman–Crippen LogP) is 4.72. The molecule has 0 radical (unpaired) electrons. The summed E-state index contributed by atoms with van der Waals surface area (Å²) >= 11 is 1.44. The first kappa shape index (κ1) is 20.6. The standard InChI is InChI=1S/C24H21N3O3S/c1-29-21-4-2-3-18(13-21)15-30-20-7-5-19(6-8-20)24-27-22(16-31-24)23(28)26-14-17-9-11-25-12-10-17/h2-13,16H,14-15H2,1H3,(H,26,28). The molecule has 156 valence electrons. The normalized spacial score (nSPS) is 10.5. The van der Waals surface area contributed by atoms with Gasteiger partial charge < -0.3 is 14.8 Å². The quantitative estimate of drug-likeness (QED) is 0.437. The van der Waals surface area contributed by atoms with Crippen LogP contribution < -0.4 is 14.8 Å². The van der Waals surface area contributed by atoms with E-state index in [1.54, 1.807) is 24.9 Å². The number of carbonyl (C=O) groups excluding carboxylic acids is 1. The van der Waals surface area contributed by atoms with Crippen LogP contribution >= 0.6 is 11.3 Å². The van der Waals surface area contributed by atoms with Gasteiger partial charge in [-0.25, -0.2) is 4.98 Å². The molecule has 1 amide bonds. The molecule has 0 spiro atoms. The molecular weight excluding hydrogens is 410 g/mol. The van der Waals surface area contributed by atoms with Crippen molar-refractivity contribution in [3.05, 3.63) is 95.3 Å². The van der Waals surface area contributed by atoms with Gasteiger partial charge in [0, 0.05) is 29.9 Å². The fraction of sp³-hybridized carbons (Fsp3) is 0.125. The molecule has 0 fully saturated rings. The molecule has 4 aromatic rings. The maximum Gasteiger partial charge on any atom is 0.271 e. The van der Waals surface area contributed by atoms with Crippen molar-refractivity contribution in [2.45, 2.75) is 13.2 Å². The summed E-state index contributed by atoms with van der Waals surface area (Å²) in [4.78, 5) is 20.8. The number of rotatable bonds is 8. The van der Waals surface area contributed by atoms with Crippen molar-refractivity contribution in [1.29, 1.82) is 0 Å². The monoisotopic (exact) mass is 431 g/mol. The van der Waals surface area contributed by atoms with Crippen LogP contribution in [0.2, 0.25) is 0 Å². The van der Waals surface area contributed by atoms with Gasteiger partial charge in [0.1, 0.15) is 28.8 Å². The Balaban J connectivity index is 1.34. The Kier molecular flexibility index (Phi) is 6.54. The van der Waals surface area contributed by atoms with Crippen LogP contribution in [-0.2, 0) is 13.2 Å². The molecule has 1 N–H and O–H groups in total. The number of carbonyl (C=O) groups is 1. The van der Waals surface area contributed by atoms with E-state index in [4.69, 9.17) is 9.47 Å². The highest BCUT2D eigenvalue weighted by atomic mass is 32.1. The second kappa shape index (κ2) is 9.86. The first-order chi connectivity index (χ1) is 15.2. The highest BCUT2D eigenvalue weighted by Crippen LogP contribution is 2.26. The Hall–Kier alpha value is -3.71. The van der Waals surface area contributed by atoms with Crippen LogP contribution in [-0.4, -0.2) is 23.0 Å². The zero-order chi connectivity index (χ0) is 21.5. The van der Waals surface area contributed by atoms with Gasteiger partial charge in [-0.1, -0.05) is 12.1 Å². The van der Waals surface area contributed by atoms with E-state index < -0.39 is 0 Å². The Morgan fingerprint density at radius 2 is 1.81 bits per heavy atom. The molecule has 4 rings (SSSR count). The number of amides is 1. The highest BCUT2D eigenvalue weighted by Gasteiger charge is 2.12. The zero-order valence-corrected chi connectivity index (χ0v) is 17.8. The molecule has 0 bridgehead atoms. The van der Waals surface area contributed by atoms with Crippen molar-refractivity contribution in [3.63, 3.8) is 0 Å². The van der Waals surface area contributed by atoms with Crippen LogP contribution in [0, 0.1) is 0 Å². The van der Waals surface area contributed by atoms with Gasteiger partial charge in [0.2, 0.25) is 0 Å². The number of nitrogens with one attached hydrogen (secondary N) is 1. The highest BCUT2D eigenvalue weighted by molar-refractivity contribution is 7.13. The fourth-order valence-electron chi connectivity index (χ4n) is 2.91. The van der Waals surface area contributed by atoms with Gasteiger partial charge in [0.05, 0.1) is 7.11 Å². The average Bonchev–Trinajstić information content (AvgIpc) is 3.33. The van der Waals surface area contributed by atoms with Crippen LogP contribution in [0.5, 0.6) is 11.5 Å². The van der Waals surface area contributed by atoms with Crippen molar-refractivity contribution in [3.8, 4) is 22.1 Å². The first-order valence-corrected chi connectivity index (χ1v) is 10.6. The van der Waals surface area contributed by atoms with Crippen LogP contribution in [0.15, 0.2) is 78.4 Å². The summed E-state index contributed by atoms with van der Waals surface area (Å²) in [7, 11) is 1.65. The van der Waals surface area contributed by atoms with E-state index in [0.29, 0.717) is 18.8 Å². The van der Waals surface area contributed by atoms with Gasteiger partial charge in [-0.3, -0.25) is 9.78 Å². The Labute approximate surface area is 184 Å². The summed E-state index contributed by atoms with van der Waals surface area (Å²) in [6.45, 7) is 0.892. The summed E-state index contributed by atoms with van der Waals surface area (Å²) in [5, 5.41) is 5.43. The molecule has 0 atom stereocenters. The zero-order valence-electron chi connectivity index (χ0n) is 16.9. The van der Waals surface area contributed by atoms with Gasteiger partial charge in [-0.05, 0) is 59.7 Å². The maximum atomic E-state index is 12.4. The van der Waals surface area contributed by atoms with E-state index in [-0.39, 0.29) is 5.91 Å². The number of nitrogens with zero attached hydrogens (tertiary/aromatic N) is 2. The minimum Gasteiger partial charge on any atom is -0.497 e. The lowest BCUT2D eigenvalue weighted by molar-refractivity contribution is 0.0946. The molecule has 0 unspecified atom stereocenters. The van der Waals surface area contributed by atoms with Crippen molar-refractivity contribution in [2.75, 3.05) is 7.11 Å². The molecule has 6 nitrogen and oxygen atoms in total. The van der Waals surface area contributed by atoms with Crippen LogP contribution in [0.25, 0.3) is 10.6 Å². The van der Waals surface area contributed by atoms with Crippen LogP contribution in [0.4, 0.5) is 0 Å². The molecule has 0 saturated heterocycles. The number of ether oxygens (including phenoxy) is 2. The third-order valence-electron chi connectivity index (χ3n) is 4.58. The molecule has 2 heterocycles. The van der Waals surface area contributed by atoms with Gasteiger partial charge >= 0.3 is 0 Å². The topological polar surface area (TPSA) is 73.3 Å². The van der Waals surface area contributed by atoms with Crippen LogP contribution in [0.3, 0.4) is 0 Å². The number of thiazole rings is 1. The Bertz CT molecular complexity index is 1140. The fourth-order valence-corrected chi connectivity index (χ4v) is 3.71. The molecule has 2 aromatic carbocycles.